The van der Waals surface area contributed by atoms with E-state index in [0.717, 1.165) is 5.56 Å². The second-order valence-corrected chi connectivity index (χ2v) is 3.79. The maximum Gasteiger partial charge on any atom is 0.254 e. The van der Waals surface area contributed by atoms with E-state index in [1.54, 1.807) is 0 Å². The first-order valence-corrected chi connectivity index (χ1v) is 5.23. The molecule has 1 aromatic carbocycles. The third kappa shape index (κ3) is 2.18. The molecule has 0 radical (unpaired) electrons. The summed E-state index contributed by atoms with van der Waals surface area (Å²) >= 11 is 0. The molecular weight excluding hydrogens is 190 g/mol. The summed E-state index contributed by atoms with van der Waals surface area (Å²) in [6.45, 7) is 3.98. The first-order valence-electron chi connectivity index (χ1n) is 5.23. The second kappa shape index (κ2) is 4.45. The average Bonchev–Trinajstić information content (AvgIpc) is 2.30. The van der Waals surface area contributed by atoms with Gasteiger partial charge in [0.15, 0.2) is 0 Å². The van der Waals surface area contributed by atoms with Gasteiger partial charge in [-0.15, -0.1) is 0 Å². The summed E-state index contributed by atoms with van der Waals surface area (Å²) < 4.78 is 5.30. The van der Waals surface area contributed by atoms with E-state index in [9.17, 15) is 4.79 Å². The largest absolute Gasteiger partial charge is 0.377 e. The highest BCUT2D eigenvalue weighted by atomic mass is 16.5. The number of ether oxygens (including phenoxy) is 1. The highest BCUT2D eigenvalue weighted by molar-refractivity contribution is 5.94. The van der Waals surface area contributed by atoms with Gasteiger partial charge in [-0.05, 0) is 19.1 Å². The fourth-order valence-corrected chi connectivity index (χ4v) is 1.78. The van der Waals surface area contributed by atoms with Crippen molar-refractivity contribution in [2.45, 2.75) is 13.0 Å². The third-order valence-electron chi connectivity index (χ3n) is 2.65. The Balaban J connectivity index is 2.13. The predicted molar refractivity (Wildman–Crippen MR) is 57.8 cm³/mol. The van der Waals surface area contributed by atoms with Crippen molar-refractivity contribution in [2.75, 3.05) is 19.8 Å². The zero-order chi connectivity index (χ0) is 10.7. The van der Waals surface area contributed by atoms with Crippen LogP contribution in [0.2, 0.25) is 0 Å². The smallest absolute Gasteiger partial charge is 0.254 e. The Labute approximate surface area is 89.7 Å². The summed E-state index contributed by atoms with van der Waals surface area (Å²) in [4.78, 5) is 14.0. The predicted octanol–water partition coefficient (Wildman–Crippen LogP) is 1.55. The Morgan fingerprint density at radius 1 is 1.40 bits per heavy atom. The molecule has 80 valence electrons. The molecule has 0 aliphatic carbocycles. The first-order chi connectivity index (χ1) is 7.29. The van der Waals surface area contributed by atoms with Gasteiger partial charge in [0.1, 0.15) is 0 Å². The molecule has 0 spiro atoms. The van der Waals surface area contributed by atoms with Crippen LogP contribution in [-0.4, -0.2) is 36.6 Å². The molecule has 0 bridgehead atoms. The van der Waals surface area contributed by atoms with Crippen molar-refractivity contribution in [1.82, 2.24) is 4.90 Å². The Morgan fingerprint density at radius 2 is 2.13 bits per heavy atom. The van der Waals surface area contributed by atoms with Crippen LogP contribution in [0.4, 0.5) is 0 Å². The van der Waals surface area contributed by atoms with Crippen molar-refractivity contribution in [1.29, 1.82) is 0 Å². The van der Waals surface area contributed by atoms with Crippen molar-refractivity contribution < 1.29 is 9.53 Å². The normalized spacial score (nSPS) is 21.4. The highest BCUT2D eigenvalue weighted by Gasteiger charge is 2.24. The monoisotopic (exact) mass is 205 g/mol. The maximum atomic E-state index is 12.1. The number of amides is 1. The first kappa shape index (κ1) is 10.2. The van der Waals surface area contributed by atoms with Crippen LogP contribution >= 0.6 is 0 Å². The van der Waals surface area contributed by atoms with Gasteiger partial charge in [0.25, 0.3) is 5.91 Å². The molecule has 1 saturated heterocycles. The number of benzene rings is 1. The fourth-order valence-electron chi connectivity index (χ4n) is 1.78. The molecule has 0 saturated carbocycles. The molecular formula is C12H15NO2. The molecule has 1 amide bonds. The molecule has 1 aromatic rings. The minimum Gasteiger partial charge on any atom is -0.377 e. The van der Waals surface area contributed by atoms with Gasteiger partial charge in [-0.3, -0.25) is 4.79 Å². The van der Waals surface area contributed by atoms with E-state index in [1.807, 2.05) is 42.2 Å². The number of hydrogen-bond acceptors (Lipinski definition) is 2. The molecule has 1 atom stereocenters. The molecule has 0 N–H and O–H groups in total. The van der Waals surface area contributed by atoms with Gasteiger partial charge in [0, 0.05) is 12.1 Å². The Hall–Kier alpha value is -1.35. The van der Waals surface area contributed by atoms with Crippen LogP contribution in [0, 0.1) is 0 Å². The molecule has 1 aliphatic heterocycles. The van der Waals surface area contributed by atoms with Crippen LogP contribution in [0.3, 0.4) is 0 Å². The average molecular weight is 205 g/mol. The second-order valence-electron chi connectivity index (χ2n) is 3.79. The van der Waals surface area contributed by atoms with E-state index in [2.05, 4.69) is 0 Å². The number of morpholine rings is 1. The summed E-state index contributed by atoms with van der Waals surface area (Å²) in [6.07, 6.45) is 0. The van der Waals surface area contributed by atoms with Gasteiger partial charge in [-0.1, -0.05) is 18.2 Å². The van der Waals surface area contributed by atoms with Crippen molar-refractivity contribution in [3.8, 4) is 0 Å². The zero-order valence-corrected chi connectivity index (χ0v) is 8.85. The van der Waals surface area contributed by atoms with E-state index in [0.29, 0.717) is 19.8 Å². The van der Waals surface area contributed by atoms with Gasteiger partial charge in [-0.2, -0.15) is 0 Å². The zero-order valence-electron chi connectivity index (χ0n) is 8.85. The number of carbonyl (C=O) groups excluding carboxylic acids is 1. The lowest BCUT2D eigenvalue weighted by Crippen LogP contribution is -2.47. The molecule has 0 aromatic heterocycles. The molecule has 2 rings (SSSR count). The lowest BCUT2D eigenvalue weighted by Gasteiger charge is -2.33. The summed E-state index contributed by atoms with van der Waals surface area (Å²) in [5, 5.41) is 0. The van der Waals surface area contributed by atoms with Crippen molar-refractivity contribution in [3.05, 3.63) is 35.9 Å². The van der Waals surface area contributed by atoms with Gasteiger partial charge < -0.3 is 9.64 Å². The van der Waals surface area contributed by atoms with Gasteiger partial charge in [-0.25, -0.2) is 0 Å². The summed E-state index contributed by atoms with van der Waals surface area (Å²) in [7, 11) is 0. The summed E-state index contributed by atoms with van der Waals surface area (Å²) in [5.74, 6) is 0.103. The van der Waals surface area contributed by atoms with Gasteiger partial charge in [0.05, 0.1) is 19.3 Å². The van der Waals surface area contributed by atoms with Crippen molar-refractivity contribution in [2.24, 2.45) is 0 Å². The lowest BCUT2D eigenvalue weighted by molar-refractivity contribution is 0.00359. The van der Waals surface area contributed by atoms with Crippen LogP contribution in [0.25, 0.3) is 0 Å². The maximum absolute atomic E-state index is 12.1. The molecule has 1 heterocycles. The van der Waals surface area contributed by atoms with E-state index in [4.69, 9.17) is 4.74 Å². The van der Waals surface area contributed by atoms with E-state index in [1.165, 1.54) is 0 Å². The Morgan fingerprint density at radius 3 is 2.80 bits per heavy atom. The van der Waals surface area contributed by atoms with Crippen LogP contribution < -0.4 is 0 Å². The molecule has 1 aliphatic rings. The molecule has 3 heteroatoms. The number of carbonyl (C=O) groups is 1. The SMILES string of the molecule is CC1COCCN1C(=O)c1ccccc1. The Bertz CT molecular complexity index is 337. The van der Waals surface area contributed by atoms with Crippen LogP contribution in [-0.2, 0) is 4.74 Å². The van der Waals surface area contributed by atoms with E-state index in [-0.39, 0.29) is 11.9 Å². The molecule has 1 unspecified atom stereocenters. The van der Waals surface area contributed by atoms with Crippen LogP contribution in [0.5, 0.6) is 0 Å². The lowest BCUT2D eigenvalue weighted by atomic mass is 10.1. The summed E-state index contributed by atoms with van der Waals surface area (Å²) in [6, 6.07) is 9.57. The number of hydrogen-bond donors (Lipinski definition) is 0. The van der Waals surface area contributed by atoms with Gasteiger partial charge in [0.2, 0.25) is 0 Å². The highest BCUT2D eigenvalue weighted by Crippen LogP contribution is 2.11. The molecule has 15 heavy (non-hydrogen) atoms. The van der Waals surface area contributed by atoms with Crippen LogP contribution in [0.15, 0.2) is 30.3 Å². The number of rotatable bonds is 1. The molecule has 3 nitrogen and oxygen atoms in total. The topological polar surface area (TPSA) is 29.5 Å². The summed E-state index contributed by atoms with van der Waals surface area (Å²) in [5.41, 5.74) is 0.756. The van der Waals surface area contributed by atoms with Crippen LogP contribution in [0.1, 0.15) is 17.3 Å². The van der Waals surface area contributed by atoms with E-state index >= 15 is 0 Å². The van der Waals surface area contributed by atoms with Gasteiger partial charge >= 0.3 is 0 Å². The Kier molecular flexibility index (Phi) is 3.02. The van der Waals surface area contributed by atoms with Crippen molar-refractivity contribution >= 4 is 5.91 Å². The van der Waals surface area contributed by atoms with E-state index < -0.39 is 0 Å². The minimum atomic E-state index is 0.103. The quantitative estimate of drug-likeness (QED) is 0.696. The fraction of sp³-hybridized carbons (Fsp3) is 0.417. The standard InChI is InChI=1S/C12H15NO2/c1-10-9-15-8-7-13(10)12(14)11-5-3-2-4-6-11/h2-6,10H,7-9H2,1H3. The molecule has 1 fully saturated rings. The number of nitrogens with zero attached hydrogens (tertiary/aromatic N) is 1. The minimum absolute atomic E-state index is 0.103. The van der Waals surface area contributed by atoms with Crippen molar-refractivity contribution in [3.63, 3.8) is 0 Å². The third-order valence-corrected chi connectivity index (χ3v) is 2.65.